The van der Waals surface area contributed by atoms with Crippen molar-refractivity contribution in [2.45, 2.75) is 12.8 Å². The summed E-state index contributed by atoms with van der Waals surface area (Å²) in [4.78, 5) is 12.2. The van der Waals surface area contributed by atoms with E-state index in [1.165, 1.54) is 0 Å². The molecular weight excluding hydrogens is 384 g/mol. The van der Waals surface area contributed by atoms with E-state index in [0.29, 0.717) is 12.8 Å². The normalized spacial score (nSPS) is 10.3. The summed E-state index contributed by atoms with van der Waals surface area (Å²) >= 11 is 6.88. The number of Topliss-reactive ketones (excluding diaryl/α,β-unsaturated/α-hetero) is 1. The van der Waals surface area contributed by atoms with E-state index >= 15 is 0 Å². The van der Waals surface area contributed by atoms with E-state index < -0.39 is 0 Å². The molecule has 0 N–H and O–H groups in total. The summed E-state index contributed by atoms with van der Waals surface area (Å²) in [5.41, 5.74) is 1.97. The Morgan fingerprint density at radius 1 is 1.10 bits per heavy atom. The Labute approximate surface area is 135 Å². The lowest BCUT2D eigenvalue weighted by molar-refractivity contribution is -0.117. The highest BCUT2D eigenvalue weighted by Gasteiger charge is 2.09. The van der Waals surface area contributed by atoms with Gasteiger partial charge in [-0.05, 0) is 41.5 Å². The lowest BCUT2D eigenvalue weighted by Crippen LogP contribution is -2.07. The average Bonchev–Trinajstić information content (AvgIpc) is 2.41. The number of carbonyl (C=O) groups is 1. The van der Waals surface area contributed by atoms with Gasteiger partial charge in [0, 0.05) is 21.8 Å². The highest BCUT2D eigenvalue weighted by molar-refractivity contribution is 9.10. The van der Waals surface area contributed by atoms with Crippen LogP contribution in [0.5, 0.6) is 5.75 Å². The summed E-state index contributed by atoms with van der Waals surface area (Å²) in [6.07, 6.45) is 0.827. The van der Waals surface area contributed by atoms with E-state index in [0.717, 1.165) is 25.8 Å². The summed E-state index contributed by atoms with van der Waals surface area (Å²) in [6, 6.07) is 13.5. The van der Waals surface area contributed by atoms with Crippen LogP contribution in [0.4, 0.5) is 0 Å². The number of ether oxygens (including phenoxy) is 1. The number of methoxy groups -OCH3 is 1. The maximum Gasteiger partial charge on any atom is 0.141 e. The molecule has 104 valence electrons. The third kappa shape index (κ3) is 4.18. The third-order valence-electron chi connectivity index (χ3n) is 2.93. The lowest BCUT2D eigenvalue weighted by atomic mass is 10.0. The molecule has 0 atom stereocenters. The maximum absolute atomic E-state index is 12.2. The van der Waals surface area contributed by atoms with Crippen LogP contribution in [0.25, 0.3) is 0 Å². The second-order valence-electron chi connectivity index (χ2n) is 4.48. The SMILES string of the molecule is COc1ccc(Br)c(CC(=O)Cc2cccc(Br)c2)c1. The fraction of sp³-hybridized carbons (Fsp3) is 0.188. The number of halogens is 2. The predicted octanol–water partition coefficient (Wildman–Crippen LogP) is 4.57. The number of hydrogen-bond acceptors (Lipinski definition) is 2. The van der Waals surface area contributed by atoms with Crippen LogP contribution in [0.2, 0.25) is 0 Å². The molecule has 0 fully saturated rings. The van der Waals surface area contributed by atoms with Gasteiger partial charge in [-0.15, -0.1) is 0 Å². The number of rotatable bonds is 5. The van der Waals surface area contributed by atoms with Gasteiger partial charge in [-0.25, -0.2) is 0 Å². The number of ketones is 1. The van der Waals surface area contributed by atoms with Crippen molar-refractivity contribution < 1.29 is 9.53 Å². The molecule has 0 unspecified atom stereocenters. The molecule has 0 heterocycles. The quantitative estimate of drug-likeness (QED) is 0.738. The van der Waals surface area contributed by atoms with Crippen LogP contribution in [-0.4, -0.2) is 12.9 Å². The first-order valence-corrected chi connectivity index (χ1v) is 7.75. The van der Waals surface area contributed by atoms with E-state index in [-0.39, 0.29) is 5.78 Å². The Hall–Kier alpha value is -1.13. The van der Waals surface area contributed by atoms with Gasteiger partial charge in [0.05, 0.1) is 7.11 Å². The van der Waals surface area contributed by atoms with E-state index in [1.807, 2.05) is 42.5 Å². The van der Waals surface area contributed by atoms with Crippen LogP contribution in [0, 0.1) is 0 Å². The highest BCUT2D eigenvalue weighted by Crippen LogP contribution is 2.23. The van der Waals surface area contributed by atoms with E-state index in [1.54, 1.807) is 7.11 Å². The van der Waals surface area contributed by atoms with Crippen LogP contribution < -0.4 is 4.74 Å². The molecule has 2 rings (SSSR count). The molecular formula is C16H14Br2O2. The van der Waals surface area contributed by atoms with Crippen molar-refractivity contribution in [1.82, 2.24) is 0 Å². The standard InChI is InChI=1S/C16H14Br2O2/c1-20-15-5-6-16(18)12(10-15)9-14(19)8-11-3-2-4-13(17)7-11/h2-7,10H,8-9H2,1H3. The second-order valence-corrected chi connectivity index (χ2v) is 6.25. The molecule has 0 aromatic heterocycles. The minimum Gasteiger partial charge on any atom is -0.497 e. The van der Waals surface area contributed by atoms with Crippen molar-refractivity contribution in [2.24, 2.45) is 0 Å². The zero-order chi connectivity index (χ0) is 14.5. The fourth-order valence-electron chi connectivity index (χ4n) is 1.96. The van der Waals surface area contributed by atoms with E-state index in [2.05, 4.69) is 31.9 Å². The molecule has 0 radical (unpaired) electrons. The smallest absolute Gasteiger partial charge is 0.141 e. The first kappa shape index (κ1) is 15.3. The molecule has 0 aliphatic rings. The third-order valence-corrected chi connectivity index (χ3v) is 4.20. The van der Waals surface area contributed by atoms with Crippen LogP contribution >= 0.6 is 31.9 Å². The summed E-state index contributed by atoms with van der Waals surface area (Å²) in [6.45, 7) is 0. The molecule has 0 spiro atoms. The zero-order valence-corrected chi connectivity index (χ0v) is 14.2. The molecule has 0 aliphatic heterocycles. The summed E-state index contributed by atoms with van der Waals surface area (Å²) < 4.78 is 7.11. The Kier molecular flexibility index (Phi) is 5.38. The van der Waals surface area contributed by atoms with Gasteiger partial charge in [-0.2, -0.15) is 0 Å². The second kappa shape index (κ2) is 7.04. The van der Waals surface area contributed by atoms with Gasteiger partial charge in [-0.1, -0.05) is 44.0 Å². The van der Waals surface area contributed by atoms with Crippen LogP contribution in [0.3, 0.4) is 0 Å². The van der Waals surface area contributed by atoms with Gasteiger partial charge in [0.25, 0.3) is 0 Å². The Bertz CT molecular complexity index is 624. The van der Waals surface area contributed by atoms with Gasteiger partial charge >= 0.3 is 0 Å². The molecule has 2 aromatic rings. The topological polar surface area (TPSA) is 26.3 Å². The predicted molar refractivity (Wildman–Crippen MR) is 87.3 cm³/mol. The van der Waals surface area contributed by atoms with Crippen molar-refractivity contribution in [3.8, 4) is 5.75 Å². The minimum atomic E-state index is 0.178. The fourth-order valence-corrected chi connectivity index (χ4v) is 2.80. The molecule has 0 saturated heterocycles. The van der Waals surface area contributed by atoms with E-state index in [4.69, 9.17) is 4.74 Å². The molecule has 0 aliphatic carbocycles. The van der Waals surface area contributed by atoms with Gasteiger partial charge in [-0.3, -0.25) is 4.79 Å². The van der Waals surface area contributed by atoms with Crippen LogP contribution in [0.1, 0.15) is 11.1 Å². The number of carbonyl (C=O) groups excluding carboxylic acids is 1. The zero-order valence-electron chi connectivity index (χ0n) is 11.0. The largest absolute Gasteiger partial charge is 0.497 e. The molecule has 2 aromatic carbocycles. The Morgan fingerprint density at radius 2 is 1.90 bits per heavy atom. The molecule has 0 amide bonds. The molecule has 20 heavy (non-hydrogen) atoms. The Morgan fingerprint density at radius 3 is 2.60 bits per heavy atom. The van der Waals surface area contributed by atoms with Crippen molar-refractivity contribution in [3.63, 3.8) is 0 Å². The summed E-state index contributed by atoms with van der Waals surface area (Å²) in [5.74, 6) is 0.940. The Balaban J connectivity index is 2.08. The van der Waals surface area contributed by atoms with Gasteiger partial charge in [0.15, 0.2) is 0 Å². The molecule has 4 heteroatoms. The maximum atomic E-state index is 12.2. The van der Waals surface area contributed by atoms with Crippen molar-refractivity contribution in [1.29, 1.82) is 0 Å². The highest BCUT2D eigenvalue weighted by atomic mass is 79.9. The monoisotopic (exact) mass is 396 g/mol. The van der Waals surface area contributed by atoms with E-state index in [9.17, 15) is 4.79 Å². The molecule has 0 saturated carbocycles. The van der Waals surface area contributed by atoms with Crippen molar-refractivity contribution in [2.75, 3.05) is 7.11 Å². The van der Waals surface area contributed by atoms with Gasteiger partial charge in [0.2, 0.25) is 0 Å². The first-order chi connectivity index (χ1) is 9.58. The number of hydrogen-bond donors (Lipinski definition) is 0. The average molecular weight is 398 g/mol. The lowest BCUT2D eigenvalue weighted by Gasteiger charge is -2.07. The van der Waals surface area contributed by atoms with Gasteiger partial charge in [0.1, 0.15) is 11.5 Å². The molecule has 0 bridgehead atoms. The van der Waals surface area contributed by atoms with Crippen molar-refractivity contribution in [3.05, 3.63) is 62.5 Å². The molecule has 2 nitrogen and oxygen atoms in total. The van der Waals surface area contributed by atoms with Crippen LogP contribution in [0.15, 0.2) is 51.4 Å². The summed E-state index contributed by atoms with van der Waals surface area (Å²) in [5, 5.41) is 0. The summed E-state index contributed by atoms with van der Waals surface area (Å²) in [7, 11) is 1.62. The van der Waals surface area contributed by atoms with Crippen LogP contribution in [-0.2, 0) is 17.6 Å². The minimum absolute atomic E-state index is 0.178. The first-order valence-electron chi connectivity index (χ1n) is 6.17. The van der Waals surface area contributed by atoms with Crippen molar-refractivity contribution >= 4 is 37.6 Å². The van der Waals surface area contributed by atoms with Gasteiger partial charge < -0.3 is 4.74 Å². The number of benzene rings is 2.